The lowest BCUT2D eigenvalue weighted by molar-refractivity contribution is 0.100. The minimum atomic E-state index is -0.504. The van der Waals surface area contributed by atoms with Gasteiger partial charge in [0.25, 0.3) is 5.91 Å². The maximum atomic E-state index is 11.3. The molecule has 0 bridgehead atoms. The normalized spacial score (nSPS) is 9.88. The minimum absolute atomic E-state index is 0.383. The highest BCUT2D eigenvalue weighted by atomic mass is 16.1. The van der Waals surface area contributed by atoms with Crippen molar-refractivity contribution in [2.45, 2.75) is 0 Å². The molecular weight excluding hydrogens is 214 g/mol. The van der Waals surface area contributed by atoms with Crippen molar-refractivity contribution in [3.63, 3.8) is 0 Å². The van der Waals surface area contributed by atoms with Gasteiger partial charge in [-0.05, 0) is 30.3 Å². The number of carbonyl (C=O) groups excluding carboxylic acids is 1. The maximum Gasteiger partial charge on any atom is 0.250 e. The van der Waals surface area contributed by atoms with E-state index in [2.05, 4.69) is 5.32 Å². The Balaban J connectivity index is 2.36. The smallest absolute Gasteiger partial charge is 0.250 e. The largest absolute Gasteiger partial charge is 0.399 e. The number of rotatable bonds is 3. The van der Waals surface area contributed by atoms with Gasteiger partial charge in [0.05, 0.1) is 11.3 Å². The van der Waals surface area contributed by atoms with E-state index in [0.29, 0.717) is 16.9 Å². The summed E-state index contributed by atoms with van der Waals surface area (Å²) < 4.78 is 0. The quantitative estimate of drug-likeness (QED) is 0.702. The Bertz CT molecular complexity index is 538. The van der Waals surface area contributed by atoms with Crippen LogP contribution in [-0.2, 0) is 0 Å². The number of benzene rings is 2. The van der Waals surface area contributed by atoms with E-state index in [1.165, 1.54) is 0 Å². The predicted octanol–water partition coefficient (Wildman–Crippen LogP) is 2.11. The fourth-order valence-electron chi connectivity index (χ4n) is 1.55. The van der Waals surface area contributed by atoms with E-state index in [1.807, 2.05) is 30.3 Å². The van der Waals surface area contributed by atoms with E-state index in [0.717, 1.165) is 5.69 Å². The number of primary amides is 1. The summed E-state index contributed by atoms with van der Waals surface area (Å²) in [4.78, 5) is 11.3. The Morgan fingerprint density at radius 2 is 1.76 bits per heavy atom. The number of nitrogen functional groups attached to an aromatic ring is 1. The van der Waals surface area contributed by atoms with Crippen LogP contribution in [0.4, 0.5) is 17.1 Å². The molecule has 0 heterocycles. The highest BCUT2D eigenvalue weighted by Gasteiger charge is 2.08. The van der Waals surface area contributed by atoms with E-state index in [1.54, 1.807) is 18.2 Å². The molecule has 0 unspecified atom stereocenters. The Labute approximate surface area is 99.2 Å². The van der Waals surface area contributed by atoms with Gasteiger partial charge >= 0.3 is 0 Å². The SMILES string of the molecule is NC(=O)c1cc(N)ccc1Nc1ccccc1. The average Bonchev–Trinajstić information content (AvgIpc) is 2.32. The zero-order valence-corrected chi connectivity index (χ0v) is 9.18. The number of para-hydroxylation sites is 1. The van der Waals surface area contributed by atoms with Gasteiger partial charge in [0, 0.05) is 11.4 Å². The highest BCUT2D eigenvalue weighted by molar-refractivity contribution is 6.00. The lowest BCUT2D eigenvalue weighted by Gasteiger charge is -2.10. The van der Waals surface area contributed by atoms with Crippen molar-refractivity contribution in [2.24, 2.45) is 5.73 Å². The molecule has 2 aromatic carbocycles. The number of amides is 1. The molecule has 5 N–H and O–H groups in total. The molecule has 0 atom stereocenters. The third-order valence-corrected chi connectivity index (χ3v) is 2.36. The van der Waals surface area contributed by atoms with Crippen molar-refractivity contribution < 1.29 is 4.79 Å². The monoisotopic (exact) mass is 227 g/mol. The van der Waals surface area contributed by atoms with Crippen LogP contribution in [0.1, 0.15) is 10.4 Å². The molecule has 0 saturated heterocycles. The minimum Gasteiger partial charge on any atom is -0.399 e. The molecule has 0 aromatic heterocycles. The average molecular weight is 227 g/mol. The summed E-state index contributed by atoms with van der Waals surface area (Å²) >= 11 is 0. The van der Waals surface area contributed by atoms with Crippen molar-refractivity contribution in [3.05, 3.63) is 54.1 Å². The molecule has 0 aliphatic heterocycles. The van der Waals surface area contributed by atoms with Crippen molar-refractivity contribution in [3.8, 4) is 0 Å². The van der Waals surface area contributed by atoms with Crippen molar-refractivity contribution in [1.82, 2.24) is 0 Å². The number of anilines is 3. The molecule has 4 nitrogen and oxygen atoms in total. The van der Waals surface area contributed by atoms with Crippen LogP contribution in [-0.4, -0.2) is 5.91 Å². The fraction of sp³-hybridized carbons (Fsp3) is 0. The molecule has 1 amide bonds. The van der Waals surface area contributed by atoms with Crippen LogP contribution >= 0.6 is 0 Å². The second kappa shape index (κ2) is 4.57. The molecule has 2 aromatic rings. The van der Waals surface area contributed by atoms with Gasteiger partial charge in [-0.1, -0.05) is 18.2 Å². The van der Waals surface area contributed by atoms with Gasteiger partial charge in [-0.3, -0.25) is 4.79 Å². The molecule has 4 heteroatoms. The summed E-state index contributed by atoms with van der Waals surface area (Å²) in [7, 11) is 0. The maximum absolute atomic E-state index is 11.3. The van der Waals surface area contributed by atoms with Crippen molar-refractivity contribution in [1.29, 1.82) is 0 Å². The van der Waals surface area contributed by atoms with Gasteiger partial charge in [0.15, 0.2) is 0 Å². The standard InChI is InChI=1S/C13H13N3O/c14-9-6-7-12(11(8-9)13(15)17)16-10-4-2-1-3-5-10/h1-8,16H,14H2,(H2,15,17). The fourth-order valence-corrected chi connectivity index (χ4v) is 1.55. The summed E-state index contributed by atoms with van der Waals surface area (Å²) in [5.41, 5.74) is 13.4. The third-order valence-electron chi connectivity index (χ3n) is 2.36. The molecule has 0 spiro atoms. The first-order chi connectivity index (χ1) is 8.16. The molecule has 2 rings (SSSR count). The van der Waals surface area contributed by atoms with E-state index >= 15 is 0 Å². The van der Waals surface area contributed by atoms with Crippen LogP contribution in [0.15, 0.2) is 48.5 Å². The first kappa shape index (κ1) is 11.0. The Kier molecular flexibility index (Phi) is 2.96. The molecule has 0 saturated carbocycles. The van der Waals surface area contributed by atoms with Crippen LogP contribution in [0.25, 0.3) is 0 Å². The predicted molar refractivity (Wildman–Crippen MR) is 69.1 cm³/mol. The Morgan fingerprint density at radius 1 is 1.06 bits per heavy atom. The highest BCUT2D eigenvalue weighted by Crippen LogP contribution is 2.22. The van der Waals surface area contributed by atoms with Crippen molar-refractivity contribution >= 4 is 23.0 Å². The van der Waals surface area contributed by atoms with E-state index < -0.39 is 5.91 Å². The van der Waals surface area contributed by atoms with E-state index in [4.69, 9.17) is 11.5 Å². The zero-order chi connectivity index (χ0) is 12.3. The molecule has 0 aliphatic rings. The number of carbonyl (C=O) groups is 1. The number of hydrogen-bond donors (Lipinski definition) is 3. The molecule has 0 aliphatic carbocycles. The number of hydrogen-bond acceptors (Lipinski definition) is 3. The lowest BCUT2D eigenvalue weighted by atomic mass is 10.1. The second-order valence-corrected chi connectivity index (χ2v) is 3.66. The number of nitrogens with two attached hydrogens (primary N) is 2. The van der Waals surface area contributed by atoms with Gasteiger partial charge in [-0.25, -0.2) is 0 Å². The number of nitrogens with one attached hydrogen (secondary N) is 1. The van der Waals surface area contributed by atoms with Crippen LogP contribution in [0.3, 0.4) is 0 Å². The summed E-state index contributed by atoms with van der Waals surface area (Å²) in [6.45, 7) is 0. The van der Waals surface area contributed by atoms with Crippen molar-refractivity contribution in [2.75, 3.05) is 11.1 Å². The lowest BCUT2D eigenvalue weighted by Crippen LogP contribution is -2.13. The molecule has 17 heavy (non-hydrogen) atoms. The topological polar surface area (TPSA) is 81.1 Å². The third kappa shape index (κ3) is 2.55. The molecule has 0 radical (unpaired) electrons. The van der Waals surface area contributed by atoms with E-state index in [-0.39, 0.29) is 0 Å². The summed E-state index contributed by atoms with van der Waals surface area (Å²) in [6.07, 6.45) is 0. The first-order valence-corrected chi connectivity index (χ1v) is 5.18. The summed E-state index contributed by atoms with van der Waals surface area (Å²) in [5, 5.41) is 3.12. The summed E-state index contributed by atoms with van der Waals surface area (Å²) in [5.74, 6) is -0.504. The van der Waals surface area contributed by atoms with Gasteiger partial charge in [-0.2, -0.15) is 0 Å². The Hall–Kier alpha value is -2.49. The summed E-state index contributed by atoms with van der Waals surface area (Å²) in [6, 6.07) is 14.6. The molecular formula is C13H13N3O. The zero-order valence-electron chi connectivity index (χ0n) is 9.18. The van der Waals surface area contributed by atoms with Gasteiger partial charge < -0.3 is 16.8 Å². The van der Waals surface area contributed by atoms with Crippen LogP contribution in [0, 0.1) is 0 Å². The van der Waals surface area contributed by atoms with Gasteiger partial charge in [0.2, 0.25) is 0 Å². The van der Waals surface area contributed by atoms with Gasteiger partial charge in [0.1, 0.15) is 0 Å². The molecule has 0 fully saturated rings. The second-order valence-electron chi connectivity index (χ2n) is 3.66. The van der Waals surface area contributed by atoms with E-state index in [9.17, 15) is 4.79 Å². The first-order valence-electron chi connectivity index (χ1n) is 5.18. The van der Waals surface area contributed by atoms with Crippen LogP contribution in [0.2, 0.25) is 0 Å². The van der Waals surface area contributed by atoms with Crippen LogP contribution in [0.5, 0.6) is 0 Å². The Morgan fingerprint density at radius 3 is 2.41 bits per heavy atom. The van der Waals surface area contributed by atoms with Gasteiger partial charge in [-0.15, -0.1) is 0 Å². The molecule has 86 valence electrons. The van der Waals surface area contributed by atoms with Crippen LogP contribution < -0.4 is 16.8 Å².